The van der Waals surface area contributed by atoms with Gasteiger partial charge in [-0.1, -0.05) is 13.8 Å². The molecule has 7 nitrogen and oxygen atoms in total. The SMILES string of the molecule is COCO[C@@]1(Cc2cc(O[C@@H]3C[C@@H]4C[C@@H]4C3)ccn2)C(=O)N(COC)[C@H]1CC(C)C. The zero-order chi connectivity index (χ0) is 21.3. The average molecular weight is 419 g/mol. The maximum absolute atomic E-state index is 13.2. The Morgan fingerprint density at radius 2 is 1.97 bits per heavy atom. The lowest BCUT2D eigenvalue weighted by Gasteiger charge is -2.55. The number of pyridine rings is 1. The van der Waals surface area contributed by atoms with Crippen molar-refractivity contribution in [1.82, 2.24) is 9.88 Å². The topological polar surface area (TPSA) is 70.1 Å². The van der Waals surface area contributed by atoms with E-state index in [-0.39, 0.29) is 25.5 Å². The predicted octanol–water partition coefficient (Wildman–Crippen LogP) is 3.02. The summed E-state index contributed by atoms with van der Waals surface area (Å²) in [6.07, 6.45) is 6.96. The first-order chi connectivity index (χ1) is 14.5. The predicted molar refractivity (Wildman–Crippen MR) is 111 cm³/mol. The zero-order valence-corrected chi connectivity index (χ0v) is 18.5. The van der Waals surface area contributed by atoms with Crippen LogP contribution in [0.5, 0.6) is 5.75 Å². The van der Waals surface area contributed by atoms with E-state index in [2.05, 4.69) is 18.8 Å². The molecule has 30 heavy (non-hydrogen) atoms. The van der Waals surface area contributed by atoms with Gasteiger partial charge in [-0.25, -0.2) is 0 Å². The highest BCUT2D eigenvalue weighted by molar-refractivity contribution is 5.93. The lowest BCUT2D eigenvalue weighted by molar-refractivity contribution is -0.235. The molecule has 3 aliphatic rings. The maximum atomic E-state index is 13.2. The molecule has 7 heteroatoms. The van der Waals surface area contributed by atoms with Crippen LogP contribution in [0.15, 0.2) is 18.3 Å². The number of nitrogens with zero attached hydrogens (tertiary/aromatic N) is 2. The molecule has 0 aromatic carbocycles. The molecule has 1 aromatic rings. The smallest absolute Gasteiger partial charge is 0.259 e. The molecular weight excluding hydrogens is 384 g/mol. The van der Waals surface area contributed by atoms with Gasteiger partial charge in [0.1, 0.15) is 19.3 Å². The molecule has 2 saturated carbocycles. The number of ether oxygens (including phenoxy) is 4. The van der Waals surface area contributed by atoms with Crippen LogP contribution >= 0.6 is 0 Å². The number of β-lactam (4-membered cyclic amide) rings is 1. The Morgan fingerprint density at radius 3 is 2.63 bits per heavy atom. The van der Waals surface area contributed by atoms with Crippen molar-refractivity contribution < 1.29 is 23.7 Å². The first kappa shape index (κ1) is 21.5. The van der Waals surface area contributed by atoms with E-state index in [4.69, 9.17) is 18.9 Å². The Morgan fingerprint density at radius 1 is 1.20 bits per heavy atom. The number of hydrogen-bond donors (Lipinski definition) is 0. The normalized spacial score (nSPS) is 32.3. The number of likely N-dealkylation sites (tertiary alicyclic amines) is 1. The highest BCUT2D eigenvalue weighted by Crippen LogP contribution is 2.52. The van der Waals surface area contributed by atoms with Crippen LogP contribution in [-0.2, 0) is 25.4 Å². The summed E-state index contributed by atoms with van der Waals surface area (Å²) >= 11 is 0. The van der Waals surface area contributed by atoms with Gasteiger partial charge < -0.3 is 23.8 Å². The van der Waals surface area contributed by atoms with Gasteiger partial charge in [0, 0.05) is 38.6 Å². The third-order valence-corrected chi connectivity index (χ3v) is 6.67. The minimum Gasteiger partial charge on any atom is -0.490 e. The van der Waals surface area contributed by atoms with Crippen LogP contribution in [0.3, 0.4) is 0 Å². The largest absolute Gasteiger partial charge is 0.490 e. The summed E-state index contributed by atoms with van der Waals surface area (Å²) in [5.74, 6) is 2.91. The molecule has 0 N–H and O–H groups in total. The van der Waals surface area contributed by atoms with Gasteiger partial charge >= 0.3 is 0 Å². The van der Waals surface area contributed by atoms with Crippen molar-refractivity contribution in [2.75, 3.05) is 27.7 Å². The Labute approximate surface area is 179 Å². The van der Waals surface area contributed by atoms with E-state index in [0.717, 1.165) is 42.5 Å². The van der Waals surface area contributed by atoms with Gasteiger partial charge in [0.15, 0.2) is 5.60 Å². The first-order valence-corrected chi connectivity index (χ1v) is 11.0. The van der Waals surface area contributed by atoms with Crippen molar-refractivity contribution in [1.29, 1.82) is 0 Å². The molecule has 0 bridgehead atoms. The molecule has 3 fully saturated rings. The standard InChI is InChI=1S/C23H34N2O5/c1-15(2)7-21-23(29-14-28-4,22(26)25(21)13-27-3)12-18-11-19(5-6-24-18)30-20-9-16-8-17(16)10-20/h5-6,11,15-17,20-21H,7-10,12-14H2,1-4H3/t16-,17+,20+,21-,23+/m0/s1. The Kier molecular flexibility index (Phi) is 6.32. The fraction of sp³-hybridized carbons (Fsp3) is 0.739. The summed E-state index contributed by atoms with van der Waals surface area (Å²) in [5.41, 5.74) is -0.190. The van der Waals surface area contributed by atoms with E-state index in [9.17, 15) is 4.79 Å². The van der Waals surface area contributed by atoms with Crippen molar-refractivity contribution in [2.45, 2.75) is 63.7 Å². The number of carbonyl (C=O) groups is 1. The van der Waals surface area contributed by atoms with Crippen LogP contribution in [0.2, 0.25) is 0 Å². The van der Waals surface area contributed by atoms with E-state index in [1.807, 2.05) is 12.1 Å². The zero-order valence-electron chi connectivity index (χ0n) is 18.5. The number of hydrogen-bond acceptors (Lipinski definition) is 6. The van der Waals surface area contributed by atoms with Crippen LogP contribution in [0.25, 0.3) is 0 Å². The highest BCUT2D eigenvalue weighted by atomic mass is 16.7. The van der Waals surface area contributed by atoms with E-state index < -0.39 is 5.60 Å². The van der Waals surface area contributed by atoms with Crippen molar-refractivity contribution in [3.8, 4) is 5.75 Å². The third-order valence-electron chi connectivity index (χ3n) is 6.67. The minimum absolute atomic E-state index is 0.0577. The molecule has 1 amide bonds. The molecule has 1 aromatic heterocycles. The molecule has 1 aliphatic heterocycles. The Balaban J connectivity index is 1.51. The third kappa shape index (κ3) is 4.20. The van der Waals surface area contributed by atoms with Crippen LogP contribution < -0.4 is 4.74 Å². The fourth-order valence-corrected chi connectivity index (χ4v) is 5.17. The quantitative estimate of drug-likeness (QED) is 0.406. The van der Waals surface area contributed by atoms with Crippen LogP contribution in [0.4, 0.5) is 0 Å². The molecule has 0 spiro atoms. The molecule has 2 aliphatic carbocycles. The molecule has 1 saturated heterocycles. The Bertz CT molecular complexity index is 747. The fourth-order valence-electron chi connectivity index (χ4n) is 5.17. The molecule has 4 rings (SSSR count). The number of rotatable bonds is 11. The summed E-state index contributed by atoms with van der Waals surface area (Å²) in [7, 11) is 3.17. The van der Waals surface area contributed by atoms with Crippen LogP contribution in [-0.4, -0.2) is 61.3 Å². The lowest BCUT2D eigenvalue weighted by atomic mass is 9.75. The van der Waals surface area contributed by atoms with Gasteiger partial charge in [0.25, 0.3) is 5.91 Å². The summed E-state index contributed by atoms with van der Waals surface area (Å²) in [6.45, 7) is 4.61. The van der Waals surface area contributed by atoms with Crippen LogP contribution in [0, 0.1) is 17.8 Å². The van der Waals surface area contributed by atoms with E-state index in [1.54, 1.807) is 25.3 Å². The lowest BCUT2D eigenvalue weighted by Crippen LogP contribution is -2.76. The summed E-state index contributed by atoms with van der Waals surface area (Å²) in [5, 5.41) is 0. The summed E-state index contributed by atoms with van der Waals surface area (Å²) in [6, 6.07) is 3.77. The van der Waals surface area contributed by atoms with Crippen molar-refractivity contribution in [3.63, 3.8) is 0 Å². The second kappa shape index (κ2) is 8.81. The van der Waals surface area contributed by atoms with E-state index >= 15 is 0 Å². The van der Waals surface area contributed by atoms with Crippen molar-refractivity contribution in [2.24, 2.45) is 17.8 Å². The molecule has 0 unspecified atom stereocenters. The van der Waals surface area contributed by atoms with E-state index in [0.29, 0.717) is 18.4 Å². The van der Waals surface area contributed by atoms with Crippen molar-refractivity contribution in [3.05, 3.63) is 24.0 Å². The van der Waals surface area contributed by atoms with Gasteiger partial charge in [0.2, 0.25) is 0 Å². The number of methoxy groups -OCH3 is 2. The Hall–Kier alpha value is -1.70. The summed E-state index contributed by atoms with van der Waals surface area (Å²) in [4.78, 5) is 19.5. The van der Waals surface area contributed by atoms with Gasteiger partial charge in [-0.15, -0.1) is 0 Å². The average Bonchev–Trinajstić information content (AvgIpc) is 3.34. The van der Waals surface area contributed by atoms with Gasteiger partial charge in [-0.05, 0) is 49.5 Å². The molecule has 0 radical (unpaired) electrons. The molecular formula is C23H34N2O5. The van der Waals surface area contributed by atoms with E-state index in [1.165, 1.54) is 6.42 Å². The van der Waals surface area contributed by atoms with Gasteiger partial charge in [-0.3, -0.25) is 9.78 Å². The minimum atomic E-state index is -0.987. The first-order valence-electron chi connectivity index (χ1n) is 11.0. The second-order valence-corrected chi connectivity index (χ2v) is 9.41. The number of carbonyl (C=O) groups excluding carboxylic acids is 1. The maximum Gasteiger partial charge on any atom is 0.259 e. The van der Waals surface area contributed by atoms with Crippen LogP contribution in [0.1, 0.15) is 45.2 Å². The monoisotopic (exact) mass is 418 g/mol. The van der Waals surface area contributed by atoms with Gasteiger partial charge in [-0.2, -0.15) is 0 Å². The van der Waals surface area contributed by atoms with Crippen molar-refractivity contribution >= 4 is 5.91 Å². The summed E-state index contributed by atoms with van der Waals surface area (Å²) < 4.78 is 22.7. The van der Waals surface area contributed by atoms with Gasteiger partial charge in [0.05, 0.1) is 12.1 Å². The second-order valence-electron chi connectivity index (χ2n) is 9.41. The number of aromatic nitrogens is 1. The number of fused-ring (bicyclic) bond motifs is 1. The number of amides is 1. The molecule has 2 heterocycles. The molecule has 5 atom stereocenters. The molecule has 166 valence electrons. The highest BCUT2D eigenvalue weighted by Gasteiger charge is 2.62.